The molecule has 5 heteroatoms. The van der Waals surface area contributed by atoms with Gasteiger partial charge >= 0.3 is 6.09 Å². The highest BCUT2D eigenvalue weighted by Crippen LogP contribution is 2.18. The quantitative estimate of drug-likeness (QED) is 0.813. The summed E-state index contributed by atoms with van der Waals surface area (Å²) >= 11 is 1.54. The normalized spacial score (nSPS) is 17.9. The average molecular weight is 313 g/mol. The number of rotatable bonds is 4. The van der Waals surface area contributed by atoms with Crippen LogP contribution in [-0.2, 0) is 16.0 Å². The molecule has 0 N–H and O–H groups in total. The number of carbonyl (C=O) groups is 2. The van der Waals surface area contributed by atoms with Gasteiger partial charge in [-0.1, -0.05) is 36.4 Å². The van der Waals surface area contributed by atoms with E-state index in [4.69, 9.17) is 4.74 Å². The van der Waals surface area contributed by atoms with Gasteiger partial charge in [0.15, 0.2) is 0 Å². The molecule has 112 valence electrons. The van der Waals surface area contributed by atoms with Crippen LogP contribution in [0.15, 0.2) is 53.9 Å². The number of hydrogen-bond acceptors (Lipinski definition) is 4. The van der Waals surface area contributed by atoms with Crippen LogP contribution < -0.4 is 0 Å². The minimum atomic E-state index is -0.568. The van der Waals surface area contributed by atoms with Gasteiger partial charge in [0.2, 0.25) is 0 Å². The molecule has 1 unspecified atom stereocenters. The summed E-state index contributed by atoms with van der Waals surface area (Å²) < 4.78 is 5.04. The Morgan fingerprint density at radius 3 is 2.82 bits per heavy atom. The zero-order valence-corrected chi connectivity index (χ0v) is 12.7. The number of carbonyl (C=O) groups excluding carboxylic acids is 2. The van der Waals surface area contributed by atoms with Gasteiger partial charge in [-0.3, -0.25) is 4.79 Å². The zero-order chi connectivity index (χ0) is 15.4. The molecule has 0 saturated carbocycles. The maximum absolute atomic E-state index is 12.3. The van der Waals surface area contributed by atoms with Gasteiger partial charge in [0.25, 0.3) is 5.91 Å². The molecule has 4 nitrogen and oxygen atoms in total. The van der Waals surface area contributed by atoms with Crippen molar-refractivity contribution in [2.75, 3.05) is 6.61 Å². The van der Waals surface area contributed by atoms with E-state index in [1.54, 1.807) is 6.08 Å². The lowest BCUT2D eigenvalue weighted by Gasteiger charge is -2.17. The summed E-state index contributed by atoms with van der Waals surface area (Å²) in [6.07, 6.45) is 3.18. The molecule has 1 aliphatic rings. The number of thiophene rings is 1. The van der Waals surface area contributed by atoms with E-state index in [0.717, 1.165) is 10.4 Å². The second-order valence-corrected chi connectivity index (χ2v) is 5.96. The van der Waals surface area contributed by atoms with E-state index in [1.165, 1.54) is 22.3 Å². The lowest BCUT2D eigenvalue weighted by atomic mass is 10.1. The number of cyclic esters (lactones) is 1. The Labute approximate surface area is 132 Å². The molecule has 1 atom stereocenters. The van der Waals surface area contributed by atoms with Crippen LogP contribution in [0.2, 0.25) is 0 Å². The first-order valence-electron chi connectivity index (χ1n) is 6.99. The molecular formula is C17H15NO3S. The standard InChI is InChI=1S/C17H15NO3S/c19-16(9-8-15-7-4-10-22-15)18-14(12-21-17(18)20)11-13-5-2-1-3-6-13/h1-10,14H,11-12H2/b9-8+. The van der Waals surface area contributed by atoms with Gasteiger partial charge in [0, 0.05) is 11.0 Å². The SMILES string of the molecule is O=C(/C=C/c1cccs1)N1C(=O)OCC1Cc1ccccc1. The molecule has 2 aromatic rings. The van der Waals surface area contributed by atoms with Crippen molar-refractivity contribution >= 4 is 29.4 Å². The fourth-order valence-corrected chi connectivity index (χ4v) is 3.00. The molecule has 0 spiro atoms. The van der Waals surface area contributed by atoms with E-state index in [2.05, 4.69) is 0 Å². The molecular weight excluding hydrogens is 298 g/mol. The second-order valence-electron chi connectivity index (χ2n) is 4.98. The fourth-order valence-electron chi connectivity index (χ4n) is 2.39. The molecule has 1 saturated heterocycles. The van der Waals surface area contributed by atoms with Crippen LogP contribution in [0.4, 0.5) is 4.79 Å². The van der Waals surface area contributed by atoms with Crippen molar-refractivity contribution in [2.45, 2.75) is 12.5 Å². The number of nitrogens with zero attached hydrogens (tertiary/aromatic N) is 1. The predicted octanol–water partition coefficient (Wildman–Crippen LogP) is 3.35. The van der Waals surface area contributed by atoms with Crippen LogP contribution in [0.1, 0.15) is 10.4 Å². The maximum Gasteiger partial charge on any atom is 0.417 e. The van der Waals surface area contributed by atoms with E-state index in [9.17, 15) is 9.59 Å². The summed E-state index contributed by atoms with van der Waals surface area (Å²) in [5, 5.41) is 1.94. The zero-order valence-electron chi connectivity index (χ0n) is 11.8. The predicted molar refractivity (Wildman–Crippen MR) is 85.5 cm³/mol. The molecule has 0 bridgehead atoms. The van der Waals surface area contributed by atoms with Crippen LogP contribution in [-0.4, -0.2) is 29.5 Å². The first kappa shape index (κ1) is 14.5. The van der Waals surface area contributed by atoms with Crippen LogP contribution in [0.3, 0.4) is 0 Å². The minimum absolute atomic E-state index is 0.242. The van der Waals surface area contributed by atoms with Crippen molar-refractivity contribution in [1.82, 2.24) is 4.90 Å². The van der Waals surface area contributed by atoms with Crippen LogP contribution in [0, 0.1) is 0 Å². The molecule has 22 heavy (non-hydrogen) atoms. The summed E-state index contributed by atoms with van der Waals surface area (Å²) in [5.74, 6) is -0.336. The van der Waals surface area contributed by atoms with Gasteiger partial charge in [-0.2, -0.15) is 0 Å². The van der Waals surface area contributed by atoms with E-state index in [1.807, 2.05) is 47.8 Å². The Morgan fingerprint density at radius 2 is 2.09 bits per heavy atom. The summed E-state index contributed by atoms with van der Waals surface area (Å²) in [4.78, 5) is 26.3. The topological polar surface area (TPSA) is 46.6 Å². The molecule has 2 heterocycles. The number of imide groups is 1. The van der Waals surface area contributed by atoms with E-state index >= 15 is 0 Å². The van der Waals surface area contributed by atoms with Crippen LogP contribution in [0.25, 0.3) is 6.08 Å². The first-order valence-corrected chi connectivity index (χ1v) is 7.87. The Bertz CT molecular complexity index is 679. The molecule has 1 aromatic carbocycles. The number of amides is 2. The maximum atomic E-state index is 12.3. The smallest absolute Gasteiger partial charge is 0.417 e. The third kappa shape index (κ3) is 3.26. The van der Waals surface area contributed by atoms with Gasteiger partial charge in [-0.15, -0.1) is 11.3 Å². The highest BCUT2D eigenvalue weighted by atomic mass is 32.1. The lowest BCUT2D eigenvalue weighted by Crippen LogP contribution is -2.39. The van der Waals surface area contributed by atoms with Crippen molar-refractivity contribution < 1.29 is 14.3 Å². The van der Waals surface area contributed by atoms with Crippen molar-refractivity contribution in [2.24, 2.45) is 0 Å². The van der Waals surface area contributed by atoms with Gasteiger partial charge in [0.1, 0.15) is 6.61 Å². The Hall–Kier alpha value is -2.40. The monoisotopic (exact) mass is 313 g/mol. The summed E-state index contributed by atoms with van der Waals surface area (Å²) in [6, 6.07) is 13.4. The van der Waals surface area contributed by atoms with E-state index in [0.29, 0.717) is 6.42 Å². The van der Waals surface area contributed by atoms with E-state index in [-0.39, 0.29) is 18.6 Å². The van der Waals surface area contributed by atoms with Crippen LogP contribution >= 0.6 is 11.3 Å². The van der Waals surface area contributed by atoms with E-state index < -0.39 is 6.09 Å². The molecule has 1 aliphatic heterocycles. The van der Waals surface area contributed by atoms with Gasteiger partial charge in [-0.05, 0) is 29.5 Å². The van der Waals surface area contributed by atoms with Gasteiger partial charge < -0.3 is 4.74 Å². The Kier molecular flexibility index (Phi) is 4.34. The average Bonchev–Trinajstić information content (AvgIpc) is 3.16. The summed E-state index contributed by atoms with van der Waals surface area (Å²) in [5.41, 5.74) is 1.07. The number of hydrogen-bond donors (Lipinski definition) is 0. The number of benzene rings is 1. The molecule has 0 radical (unpaired) electrons. The fraction of sp³-hybridized carbons (Fsp3) is 0.176. The highest BCUT2D eigenvalue weighted by molar-refractivity contribution is 7.10. The molecule has 0 aliphatic carbocycles. The van der Waals surface area contributed by atoms with Gasteiger partial charge in [-0.25, -0.2) is 9.69 Å². The second kappa shape index (κ2) is 6.58. The lowest BCUT2D eigenvalue weighted by molar-refractivity contribution is -0.124. The summed E-state index contributed by atoms with van der Waals surface area (Å²) in [7, 11) is 0. The third-order valence-electron chi connectivity index (χ3n) is 3.45. The minimum Gasteiger partial charge on any atom is -0.447 e. The first-order chi connectivity index (χ1) is 10.7. The summed E-state index contributed by atoms with van der Waals surface area (Å²) in [6.45, 7) is 0.242. The van der Waals surface area contributed by atoms with Crippen molar-refractivity contribution in [1.29, 1.82) is 0 Å². The van der Waals surface area contributed by atoms with Gasteiger partial charge in [0.05, 0.1) is 6.04 Å². The van der Waals surface area contributed by atoms with Crippen molar-refractivity contribution in [3.8, 4) is 0 Å². The molecule has 1 aromatic heterocycles. The highest BCUT2D eigenvalue weighted by Gasteiger charge is 2.36. The molecule has 3 rings (SSSR count). The molecule has 2 amide bonds. The third-order valence-corrected chi connectivity index (χ3v) is 4.28. The van der Waals surface area contributed by atoms with Crippen LogP contribution in [0.5, 0.6) is 0 Å². The Balaban J connectivity index is 1.72. The molecule has 1 fully saturated rings. The Morgan fingerprint density at radius 1 is 1.27 bits per heavy atom. The van der Waals surface area contributed by atoms with Crippen molar-refractivity contribution in [3.63, 3.8) is 0 Å². The largest absolute Gasteiger partial charge is 0.447 e. The number of ether oxygens (including phenoxy) is 1. The van der Waals surface area contributed by atoms with Crippen molar-refractivity contribution in [3.05, 3.63) is 64.4 Å².